The van der Waals surface area contributed by atoms with Crippen LogP contribution in [0.25, 0.3) is 0 Å². The third kappa shape index (κ3) is 3.21. The van der Waals surface area contributed by atoms with Crippen LogP contribution in [0.15, 0.2) is 46.9 Å². The number of carbonyl (C=O) groups is 2. The van der Waals surface area contributed by atoms with Gasteiger partial charge in [-0.2, -0.15) is 0 Å². The zero-order chi connectivity index (χ0) is 16.4. The lowest BCUT2D eigenvalue weighted by Crippen LogP contribution is -2.24. The first-order valence-corrected chi connectivity index (χ1v) is 8.26. The standard InChI is InChI=1S/C9H10BrN.C9H7NO2/c10-9-2-1-8-6-11-4-3-7(8)5-9;1-10-8(11)6-4-2-3-5-7(6)9(10)12/h1-2,5,11H,3-4,6H2;2-5H,1H3. The van der Waals surface area contributed by atoms with Gasteiger partial charge in [-0.1, -0.05) is 34.1 Å². The van der Waals surface area contributed by atoms with Gasteiger partial charge in [0, 0.05) is 18.1 Å². The highest BCUT2D eigenvalue weighted by Crippen LogP contribution is 2.20. The molecule has 0 atom stereocenters. The van der Waals surface area contributed by atoms with Gasteiger partial charge in [0.15, 0.2) is 0 Å². The molecule has 0 bridgehead atoms. The molecule has 0 spiro atoms. The van der Waals surface area contributed by atoms with Crippen molar-refractivity contribution in [2.24, 2.45) is 0 Å². The number of hydrogen-bond acceptors (Lipinski definition) is 3. The van der Waals surface area contributed by atoms with Crippen LogP contribution in [0.5, 0.6) is 0 Å². The lowest BCUT2D eigenvalue weighted by Gasteiger charge is -2.16. The molecule has 2 heterocycles. The van der Waals surface area contributed by atoms with Gasteiger partial charge in [-0.05, 0) is 48.4 Å². The molecular weight excluding hydrogens is 356 g/mol. The van der Waals surface area contributed by atoms with Crippen LogP contribution in [0.3, 0.4) is 0 Å². The van der Waals surface area contributed by atoms with E-state index in [4.69, 9.17) is 0 Å². The van der Waals surface area contributed by atoms with Gasteiger partial charge in [-0.15, -0.1) is 0 Å². The normalized spacial score (nSPS) is 15.7. The Morgan fingerprint density at radius 2 is 1.65 bits per heavy atom. The largest absolute Gasteiger partial charge is 0.312 e. The van der Waals surface area contributed by atoms with Gasteiger partial charge in [0.1, 0.15) is 0 Å². The second kappa shape index (κ2) is 6.64. The molecule has 0 saturated carbocycles. The Labute approximate surface area is 143 Å². The number of fused-ring (bicyclic) bond motifs is 2. The Balaban J connectivity index is 0.000000136. The Hall–Kier alpha value is -1.98. The zero-order valence-corrected chi connectivity index (χ0v) is 14.4. The van der Waals surface area contributed by atoms with Crippen molar-refractivity contribution < 1.29 is 9.59 Å². The van der Waals surface area contributed by atoms with Crippen molar-refractivity contribution in [3.63, 3.8) is 0 Å². The van der Waals surface area contributed by atoms with Crippen molar-refractivity contribution >= 4 is 27.7 Å². The highest BCUT2D eigenvalue weighted by Gasteiger charge is 2.31. The van der Waals surface area contributed by atoms with E-state index in [-0.39, 0.29) is 11.8 Å². The Morgan fingerprint density at radius 1 is 1.00 bits per heavy atom. The molecule has 23 heavy (non-hydrogen) atoms. The SMILES string of the molecule is Brc1ccc2c(c1)CCNC2.CN1C(=O)c2ccccc2C1=O. The van der Waals surface area contributed by atoms with Crippen LogP contribution in [0.2, 0.25) is 0 Å². The smallest absolute Gasteiger partial charge is 0.261 e. The van der Waals surface area contributed by atoms with Gasteiger partial charge in [0.05, 0.1) is 11.1 Å². The molecule has 4 nitrogen and oxygen atoms in total. The molecule has 118 valence electrons. The van der Waals surface area contributed by atoms with Gasteiger partial charge in [0.25, 0.3) is 11.8 Å². The summed E-state index contributed by atoms with van der Waals surface area (Å²) >= 11 is 3.47. The van der Waals surface area contributed by atoms with Crippen LogP contribution >= 0.6 is 15.9 Å². The van der Waals surface area contributed by atoms with Crippen LogP contribution in [0.1, 0.15) is 31.8 Å². The summed E-state index contributed by atoms with van der Waals surface area (Å²) in [6.07, 6.45) is 1.16. The molecule has 0 aromatic heterocycles. The summed E-state index contributed by atoms with van der Waals surface area (Å²) in [5.74, 6) is -0.425. The number of nitrogens with one attached hydrogen (secondary N) is 1. The Morgan fingerprint density at radius 3 is 2.30 bits per heavy atom. The quantitative estimate of drug-likeness (QED) is 0.723. The number of imide groups is 1. The monoisotopic (exact) mass is 372 g/mol. The molecule has 2 aromatic rings. The van der Waals surface area contributed by atoms with E-state index in [0.29, 0.717) is 11.1 Å². The highest BCUT2D eigenvalue weighted by molar-refractivity contribution is 9.10. The van der Waals surface area contributed by atoms with Crippen LogP contribution in [-0.4, -0.2) is 30.3 Å². The maximum atomic E-state index is 11.3. The highest BCUT2D eigenvalue weighted by atomic mass is 79.9. The Bertz CT molecular complexity index is 738. The number of benzene rings is 2. The van der Waals surface area contributed by atoms with Crippen molar-refractivity contribution in [1.29, 1.82) is 0 Å². The van der Waals surface area contributed by atoms with E-state index in [1.54, 1.807) is 24.3 Å². The van der Waals surface area contributed by atoms with Crippen molar-refractivity contribution in [3.8, 4) is 0 Å². The molecule has 0 unspecified atom stereocenters. The predicted octanol–water partition coefficient (Wildman–Crippen LogP) is 3.01. The van der Waals surface area contributed by atoms with Crippen LogP contribution in [0.4, 0.5) is 0 Å². The number of rotatable bonds is 0. The average Bonchev–Trinajstić information content (AvgIpc) is 2.80. The molecule has 2 aliphatic heterocycles. The van der Waals surface area contributed by atoms with Gasteiger partial charge < -0.3 is 5.32 Å². The van der Waals surface area contributed by atoms with Gasteiger partial charge in [-0.3, -0.25) is 14.5 Å². The van der Waals surface area contributed by atoms with Gasteiger partial charge in [0.2, 0.25) is 0 Å². The summed E-state index contributed by atoms with van der Waals surface area (Å²) in [5.41, 5.74) is 3.94. The number of amides is 2. The molecule has 4 rings (SSSR count). The summed E-state index contributed by atoms with van der Waals surface area (Å²) in [5, 5.41) is 3.35. The molecular formula is C18H17BrN2O2. The third-order valence-corrected chi connectivity index (χ3v) is 4.55. The van der Waals surface area contributed by atoms with Gasteiger partial charge in [-0.25, -0.2) is 0 Å². The van der Waals surface area contributed by atoms with Gasteiger partial charge >= 0.3 is 0 Å². The number of hydrogen-bond donors (Lipinski definition) is 1. The van der Waals surface area contributed by atoms with Crippen molar-refractivity contribution in [3.05, 3.63) is 69.2 Å². The molecule has 2 aliphatic rings. The summed E-state index contributed by atoms with van der Waals surface area (Å²) in [4.78, 5) is 23.8. The molecule has 0 aliphatic carbocycles. The van der Waals surface area contributed by atoms with E-state index < -0.39 is 0 Å². The fourth-order valence-corrected chi connectivity index (χ4v) is 3.16. The second-order valence-corrected chi connectivity index (χ2v) is 6.47. The van der Waals surface area contributed by atoms with Crippen molar-refractivity contribution in [2.45, 2.75) is 13.0 Å². The number of halogens is 1. The molecule has 0 radical (unpaired) electrons. The van der Waals surface area contributed by atoms with Crippen molar-refractivity contribution in [2.75, 3.05) is 13.6 Å². The zero-order valence-electron chi connectivity index (χ0n) is 12.8. The van der Waals surface area contributed by atoms with Crippen LogP contribution < -0.4 is 5.32 Å². The van der Waals surface area contributed by atoms with E-state index in [1.165, 1.54) is 22.6 Å². The maximum Gasteiger partial charge on any atom is 0.261 e. The van der Waals surface area contributed by atoms with E-state index in [1.807, 2.05) is 0 Å². The summed E-state index contributed by atoms with van der Waals surface area (Å²) in [7, 11) is 1.49. The first kappa shape index (κ1) is 15.9. The first-order chi connectivity index (χ1) is 11.1. The molecule has 2 amide bonds. The lowest BCUT2D eigenvalue weighted by molar-refractivity contribution is 0.0693. The molecule has 0 fully saturated rings. The topological polar surface area (TPSA) is 49.4 Å². The molecule has 5 heteroatoms. The van der Waals surface area contributed by atoms with E-state index >= 15 is 0 Å². The summed E-state index contributed by atoms with van der Waals surface area (Å²) < 4.78 is 1.19. The second-order valence-electron chi connectivity index (χ2n) is 5.55. The van der Waals surface area contributed by atoms with E-state index in [9.17, 15) is 9.59 Å². The molecule has 2 aromatic carbocycles. The number of nitrogens with zero attached hydrogens (tertiary/aromatic N) is 1. The Kier molecular flexibility index (Phi) is 4.59. The molecule has 0 saturated heterocycles. The van der Waals surface area contributed by atoms with E-state index in [0.717, 1.165) is 24.4 Å². The fourth-order valence-electron chi connectivity index (χ4n) is 2.76. The average molecular weight is 373 g/mol. The van der Waals surface area contributed by atoms with Crippen LogP contribution in [-0.2, 0) is 13.0 Å². The minimum Gasteiger partial charge on any atom is -0.312 e. The summed E-state index contributed by atoms with van der Waals surface area (Å²) in [6, 6.07) is 13.3. The van der Waals surface area contributed by atoms with E-state index in [2.05, 4.69) is 39.4 Å². The predicted molar refractivity (Wildman–Crippen MR) is 92.4 cm³/mol. The minimum absolute atomic E-state index is 0.212. The summed E-state index contributed by atoms with van der Waals surface area (Å²) in [6.45, 7) is 2.14. The lowest BCUT2D eigenvalue weighted by atomic mass is 10.0. The fraction of sp³-hybridized carbons (Fsp3) is 0.222. The maximum absolute atomic E-state index is 11.3. The molecule has 1 N–H and O–H groups in total. The van der Waals surface area contributed by atoms with Crippen LogP contribution in [0, 0.1) is 0 Å². The first-order valence-electron chi connectivity index (χ1n) is 7.47. The third-order valence-electron chi connectivity index (χ3n) is 4.05. The minimum atomic E-state index is -0.212. The van der Waals surface area contributed by atoms with Crippen molar-refractivity contribution in [1.82, 2.24) is 10.2 Å². The number of carbonyl (C=O) groups excluding carboxylic acids is 2.